The lowest BCUT2D eigenvalue weighted by molar-refractivity contribution is -0.137. The van der Waals surface area contributed by atoms with Crippen LogP contribution in [0.15, 0.2) is 44.9 Å². The van der Waals surface area contributed by atoms with Crippen LogP contribution in [0.4, 0.5) is 13.2 Å². The van der Waals surface area contributed by atoms with Gasteiger partial charge in [-0.25, -0.2) is 4.98 Å². The zero-order valence-corrected chi connectivity index (χ0v) is 14.5. The molecule has 2 aromatic heterocycles. The van der Waals surface area contributed by atoms with Crippen molar-refractivity contribution in [3.05, 3.63) is 58.0 Å². The summed E-state index contributed by atoms with van der Waals surface area (Å²) in [5.41, 5.74) is -1.39. The summed E-state index contributed by atoms with van der Waals surface area (Å²) in [7, 11) is 0. The van der Waals surface area contributed by atoms with Gasteiger partial charge < -0.3 is 4.52 Å². The van der Waals surface area contributed by atoms with Crippen molar-refractivity contribution in [2.75, 3.05) is 6.26 Å². The Morgan fingerprint density at radius 3 is 2.81 bits per heavy atom. The largest absolute Gasteiger partial charge is 0.416 e. The van der Waals surface area contributed by atoms with E-state index in [1.54, 1.807) is 12.3 Å². The second kappa shape index (κ2) is 7.24. The van der Waals surface area contributed by atoms with E-state index in [4.69, 9.17) is 9.78 Å². The summed E-state index contributed by atoms with van der Waals surface area (Å²) >= 11 is 1.16. The van der Waals surface area contributed by atoms with Crippen molar-refractivity contribution in [1.29, 1.82) is 5.26 Å². The molecule has 0 saturated heterocycles. The Morgan fingerprint density at radius 1 is 1.37 bits per heavy atom. The monoisotopic (exact) mass is 393 g/mol. The van der Waals surface area contributed by atoms with Gasteiger partial charge in [-0.1, -0.05) is 17.3 Å². The van der Waals surface area contributed by atoms with Crippen molar-refractivity contribution >= 4 is 11.8 Å². The van der Waals surface area contributed by atoms with E-state index in [2.05, 4.69) is 15.1 Å². The molecule has 0 bridgehead atoms. The van der Waals surface area contributed by atoms with Gasteiger partial charge in [0.2, 0.25) is 11.7 Å². The highest BCUT2D eigenvalue weighted by Crippen LogP contribution is 2.31. The molecular formula is C16H10F3N5O2S. The third-order valence-electron chi connectivity index (χ3n) is 3.53. The van der Waals surface area contributed by atoms with Gasteiger partial charge in [-0.3, -0.25) is 9.36 Å². The molecule has 0 radical (unpaired) electrons. The van der Waals surface area contributed by atoms with Crippen LogP contribution in [-0.4, -0.2) is 25.9 Å². The van der Waals surface area contributed by atoms with Crippen molar-refractivity contribution in [2.24, 2.45) is 0 Å². The number of nitriles is 1. The fourth-order valence-corrected chi connectivity index (χ4v) is 2.74. The van der Waals surface area contributed by atoms with Crippen LogP contribution in [0, 0.1) is 11.3 Å². The maximum atomic E-state index is 12.8. The standard InChI is InChI=1S/C16H10F3N5O2S/c1-27-14-11(6-20)15(25)24(8-21-14)7-12-22-13(23-26-12)9-3-2-4-10(5-9)16(17,18)19/h2-5,8H,7H2,1H3. The van der Waals surface area contributed by atoms with Gasteiger partial charge in [0.05, 0.1) is 11.9 Å². The Hall–Kier alpha value is -3.13. The number of halogens is 3. The first kappa shape index (κ1) is 18.7. The molecule has 138 valence electrons. The van der Waals surface area contributed by atoms with Gasteiger partial charge in [-0.15, -0.1) is 11.8 Å². The average molecular weight is 393 g/mol. The molecule has 0 amide bonds. The van der Waals surface area contributed by atoms with Gasteiger partial charge in [-0.2, -0.15) is 23.4 Å². The molecule has 0 aliphatic heterocycles. The Labute approximate surface area is 154 Å². The highest BCUT2D eigenvalue weighted by Gasteiger charge is 2.30. The maximum Gasteiger partial charge on any atom is 0.416 e. The molecule has 0 aliphatic rings. The molecule has 7 nitrogen and oxygen atoms in total. The molecule has 1 aromatic carbocycles. The Kier molecular flexibility index (Phi) is 5.00. The fourth-order valence-electron chi connectivity index (χ4n) is 2.25. The molecule has 0 saturated carbocycles. The van der Waals surface area contributed by atoms with Gasteiger partial charge in [0.1, 0.15) is 23.2 Å². The van der Waals surface area contributed by atoms with E-state index >= 15 is 0 Å². The summed E-state index contributed by atoms with van der Waals surface area (Å²) in [5.74, 6) is -0.0505. The van der Waals surface area contributed by atoms with E-state index in [1.165, 1.54) is 18.5 Å². The molecule has 3 rings (SSSR count). The lowest BCUT2D eigenvalue weighted by Gasteiger charge is -2.06. The normalized spacial score (nSPS) is 11.4. The van der Waals surface area contributed by atoms with Crippen LogP contribution in [0.3, 0.4) is 0 Å². The van der Waals surface area contributed by atoms with E-state index in [1.807, 2.05) is 0 Å². The van der Waals surface area contributed by atoms with Crippen LogP contribution in [0.2, 0.25) is 0 Å². The molecule has 2 heterocycles. The first-order chi connectivity index (χ1) is 12.8. The van der Waals surface area contributed by atoms with Crippen LogP contribution < -0.4 is 5.56 Å². The minimum absolute atomic E-state index is 0.00731. The smallest absolute Gasteiger partial charge is 0.337 e. The van der Waals surface area contributed by atoms with Crippen LogP contribution in [0.1, 0.15) is 17.0 Å². The predicted molar refractivity (Wildman–Crippen MR) is 88.8 cm³/mol. The average Bonchev–Trinajstić information content (AvgIpc) is 3.11. The first-order valence-corrected chi connectivity index (χ1v) is 8.59. The van der Waals surface area contributed by atoms with Crippen LogP contribution in [-0.2, 0) is 12.7 Å². The van der Waals surface area contributed by atoms with Gasteiger partial charge in [0.25, 0.3) is 5.56 Å². The minimum atomic E-state index is -4.49. The molecule has 0 fully saturated rings. The number of rotatable bonds is 4. The lowest BCUT2D eigenvalue weighted by atomic mass is 10.1. The summed E-state index contributed by atoms with van der Waals surface area (Å²) < 4.78 is 44.6. The molecule has 27 heavy (non-hydrogen) atoms. The number of nitrogens with zero attached hydrogens (tertiary/aromatic N) is 5. The number of hydrogen-bond donors (Lipinski definition) is 0. The molecule has 0 N–H and O–H groups in total. The Morgan fingerprint density at radius 2 is 2.15 bits per heavy atom. The molecule has 0 atom stereocenters. The summed E-state index contributed by atoms with van der Waals surface area (Å²) in [6.07, 6.45) is -1.57. The fraction of sp³-hybridized carbons (Fsp3) is 0.188. The van der Waals surface area contributed by atoms with Gasteiger partial charge in [-0.05, 0) is 18.4 Å². The Balaban J connectivity index is 1.90. The number of benzene rings is 1. The highest BCUT2D eigenvalue weighted by atomic mass is 32.2. The first-order valence-electron chi connectivity index (χ1n) is 7.37. The quantitative estimate of drug-likeness (QED) is 0.496. The number of aromatic nitrogens is 4. The SMILES string of the molecule is CSc1ncn(Cc2nc(-c3cccc(C(F)(F)F)c3)no2)c(=O)c1C#N. The maximum absolute atomic E-state index is 12.8. The summed E-state index contributed by atoms with van der Waals surface area (Å²) in [4.78, 5) is 20.3. The van der Waals surface area contributed by atoms with Crippen LogP contribution in [0.25, 0.3) is 11.4 Å². The molecule has 3 aromatic rings. The number of hydrogen-bond acceptors (Lipinski definition) is 7. The van der Waals surface area contributed by atoms with Crippen LogP contribution >= 0.6 is 11.8 Å². The number of alkyl halides is 3. The van der Waals surface area contributed by atoms with E-state index in [0.717, 1.165) is 28.5 Å². The van der Waals surface area contributed by atoms with Crippen LogP contribution in [0.5, 0.6) is 0 Å². The molecule has 0 aliphatic carbocycles. The predicted octanol–water partition coefficient (Wildman–Crippen LogP) is 2.95. The van der Waals surface area contributed by atoms with Crippen molar-refractivity contribution < 1.29 is 17.7 Å². The van der Waals surface area contributed by atoms with Crippen molar-refractivity contribution in [3.63, 3.8) is 0 Å². The van der Waals surface area contributed by atoms with E-state index in [0.29, 0.717) is 5.03 Å². The van der Waals surface area contributed by atoms with E-state index < -0.39 is 17.3 Å². The van der Waals surface area contributed by atoms with Crippen molar-refractivity contribution in [1.82, 2.24) is 19.7 Å². The van der Waals surface area contributed by atoms with Gasteiger partial charge in [0.15, 0.2) is 0 Å². The molecule has 11 heteroatoms. The lowest BCUT2D eigenvalue weighted by Crippen LogP contribution is -2.24. The van der Waals surface area contributed by atoms with Crippen molar-refractivity contribution in [2.45, 2.75) is 17.7 Å². The summed E-state index contributed by atoms with van der Waals surface area (Å²) in [6, 6.07) is 6.30. The summed E-state index contributed by atoms with van der Waals surface area (Å²) in [5, 5.41) is 13.1. The zero-order chi connectivity index (χ0) is 19.6. The van der Waals surface area contributed by atoms with E-state index in [9.17, 15) is 18.0 Å². The second-order valence-corrected chi connectivity index (χ2v) is 6.06. The van der Waals surface area contributed by atoms with Gasteiger partial charge >= 0.3 is 6.18 Å². The van der Waals surface area contributed by atoms with E-state index in [-0.39, 0.29) is 29.4 Å². The summed E-state index contributed by atoms with van der Waals surface area (Å²) in [6.45, 7) is -0.166. The molecule has 0 unspecified atom stereocenters. The highest BCUT2D eigenvalue weighted by molar-refractivity contribution is 7.98. The number of thioether (sulfide) groups is 1. The molecule has 0 spiro atoms. The van der Waals surface area contributed by atoms with Gasteiger partial charge in [0, 0.05) is 5.56 Å². The van der Waals surface area contributed by atoms with Crippen molar-refractivity contribution in [3.8, 4) is 17.5 Å². The minimum Gasteiger partial charge on any atom is -0.337 e. The molecular weight excluding hydrogens is 383 g/mol. The zero-order valence-electron chi connectivity index (χ0n) is 13.7. The Bertz CT molecular complexity index is 1080. The topological polar surface area (TPSA) is 97.6 Å². The second-order valence-electron chi connectivity index (χ2n) is 5.26. The third kappa shape index (κ3) is 3.85. The third-order valence-corrected chi connectivity index (χ3v) is 4.23.